The summed E-state index contributed by atoms with van der Waals surface area (Å²) < 4.78 is 2.62. The molecule has 4 fully saturated rings. The quantitative estimate of drug-likeness (QED) is 0.531. The Kier molecular flexibility index (Phi) is 8.31. The minimum absolute atomic E-state index is 0.0138. The second-order valence-corrected chi connectivity index (χ2v) is 16.6. The van der Waals surface area contributed by atoms with Gasteiger partial charge < -0.3 is 5.11 Å². The molecule has 4 saturated carbocycles. The van der Waals surface area contributed by atoms with Gasteiger partial charge in [0.1, 0.15) is 13.1 Å². The third kappa shape index (κ3) is 6.12. The van der Waals surface area contributed by atoms with Crippen molar-refractivity contribution in [3.63, 3.8) is 0 Å². The molecule has 6 rings (SSSR count). The Morgan fingerprint density at radius 3 is 2.16 bits per heavy atom. The number of tetrazole rings is 1. The molecule has 0 spiro atoms. The number of fused-ring (bicyclic) bond motifs is 5. The SMILES string of the molecule is CC(C)(C)N1N=NCC1=O.CC(C)(C)n1nnn(CC(=O)[C@H]2CC[C@H]3[C@@H]4CC[C@@H]5C[C@](C)(O)CC[C@@H]5[C@H]4CC[C@]23C)c1=O. The van der Waals surface area contributed by atoms with Gasteiger partial charge in [-0.3, -0.25) is 9.59 Å². The second kappa shape index (κ2) is 11.2. The zero-order chi connectivity index (χ0) is 31.5. The number of amides is 1. The Labute approximate surface area is 255 Å². The molecule has 240 valence electrons. The Morgan fingerprint density at radius 1 is 0.884 bits per heavy atom. The van der Waals surface area contributed by atoms with Gasteiger partial charge in [-0.2, -0.15) is 14.5 Å². The fourth-order valence-electron chi connectivity index (χ4n) is 9.44. The monoisotopic (exact) mass is 599 g/mol. The average Bonchev–Trinajstić information content (AvgIpc) is 3.59. The second-order valence-electron chi connectivity index (χ2n) is 16.6. The molecule has 11 heteroatoms. The van der Waals surface area contributed by atoms with Gasteiger partial charge in [-0.1, -0.05) is 12.1 Å². The first-order valence-electron chi connectivity index (χ1n) is 16.4. The van der Waals surface area contributed by atoms with Crippen molar-refractivity contribution in [2.24, 2.45) is 51.3 Å². The summed E-state index contributed by atoms with van der Waals surface area (Å²) in [5.74, 6) is 3.67. The van der Waals surface area contributed by atoms with Crippen molar-refractivity contribution in [1.82, 2.24) is 24.8 Å². The number of hydrogen-bond donors (Lipinski definition) is 1. The van der Waals surface area contributed by atoms with Crippen LogP contribution < -0.4 is 5.69 Å². The summed E-state index contributed by atoms with van der Waals surface area (Å²) in [6.07, 6.45) is 9.94. The van der Waals surface area contributed by atoms with Crippen LogP contribution in [-0.2, 0) is 21.7 Å². The summed E-state index contributed by atoms with van der Waals surface area (Å²) in [5, 5.41) is 27.4. The molecule has 5 aliphatic rings. The van der Waals surface area contributed by atoms with Crippen molar-refractivity contribution in [3.05, 3.63) is 10.5 Å². The molecule has 2 heterocycles. The van der Waals surface area contributed by atoms with Gasteiger partial charge in [0, 0.05) is 5.92 Å². The Balaban J connectivity index is 0.000000314. The van der Waals surface area contributed by atoms with E-state index in [4.69, 9.17) is 0 Å². The van der Waals surface area contributed by atoms with E-state index in [1.165, 1.54) is 33.6 Å². The average molecular weight is 600 g/mol. The lowest BCUT2D eigenvalue weighted by molar-refractivity contribution is -0.133. The maximum Gasteiger partial charge on any atom is 0.364 e. The summed E-state index contributed by atoms with van der Waals surface area (Å²) >= 11 is 0. The fourth-order valence-corrected chi connectivity index (χ4v) is 9.44. The van der Waals surface area contributed by atoms with E-state index in [0.29, 0.717) is 11.8 Å². The number of aromatic nitrogens is 4. The first-order valence-corrected chi connectivity index (χ1v) is 16.4. The first-order chi connectivity index (χ1) is 19.9. The van der Waals surface area contributed by atoms with Crippen LogP contribution in [-0.4, -0.2) is 59.3 Å². The number of carbonyl (C=O) groups is 2. The summed E-state index contributed by atoms with van der Waals surface area (Å²) in [5.41, 5.74) is -1.42. The number of rotatable bonds is 3. The summed E-state index contributed by atoms with van der Waals surface area (Å²) in [7, 11) is 0. The zero-order valence-electron chi connectivity index (χ0n) is 27.5. The molecule has 11 nitrogen and oxygen atoms in total. The van der Waals surface area contributed by atoms with E-state index in [1.54, 1.807) is 0 Å². The lowest BCUT2D eigenvalue weighted by Gasteiger charge is -2.56. The van der Waals surface area contributed by atoms with Crippen LogP contribution >= 0.6 is 0 Å². The molecular formula is C32H53N7O4. The van der Waals surface area contributed by atoms with Gasteiger partial charge in [0.2, 0.25) is 0 Å². The molecule has 1 aromatic rings. The highest BCUT2D eigenvalue weighted by atomic mass is 16.3. The van der Waals surface area contributed by atoms with Crippen LogP contribution in [0.4, 0.5) is 0 Å². The van der Waals surface area contributed by atoms with Gasteiger partial charge in [0.05, 0.1) is 16.7 Å². The fraction of sp³-hybridized carbons (Fsp3) is 0.906. The summed E-state index contributed by atoms with van der Waals surface area (Å²) in [6, 6.07) is 0. The molecule has 1 aromatic heterocycles. The molecule has 0 aromatic carbocycles. The summed E-state index contributed by atoms with van der Waals surface area (Å²) in [4.78, 5) is 37.2. The van der Waals surface area contributed by atoms with Crippen molar-refractivity contribution < 1.29 is 14.7 Å². The maximum absolute atomic E-state index is 13.5. The minimum Gasteiger partial charge on any atom is -0.390 e. The topological polar surface area (TPSA) is 135 Å². The third-order valence-corrected chi connectivity index (χ3v) is 11.4. The molecule has 0 unspecified atom stereocenters. The molecule has 1 aliphatic heterocycles. The summed E-state index contributed by atoms with van der Waals surface area (Å²) in [6.45, 7) is 16.1. The van der Waals surface area contributed by atoms with Crippen LogP contribution in [0.25, 0.3) is 0 Å². The van der Waals surface area contributed by atoms with E-state index in [9.17, 15) is 19.5 Å². The molecule has 1 N–H and O–H groups in total. The molecule has 1 amide bonds. The highest BCUT2D eigenvalue weighted by Gasteiger charge is 2.58. The highest BCUT2D eigenvalue weighted by Crippen LogP contribution is 2.64. The number of nitrogens with zero attached hydrogens (tertiary/aromatic N) is 7. The van der Waals surface area contributed by atoms with Gasteiger partial charge >= 0.3 is 5.69 Å². The number of Topliss-reactive ketones (excluding diaryl/α,β-unsaturated/α-hetero) is 1. The van der Waals surface area contributed by atoms with Crippen LogP contribution in [0.2, 0.25) is 0 Å². The van der Waals surface area contributed by atoms with Crippen molar-refractivity contribution in [2.45, 2.75) is 136 Å². The van der Waals surface area contributed by atoms with Crippen LogP contribution in [0.5, 0.6) is 0 Å². The molecule has 0 saturated heterocycles. The van der Waals surface area contributed by atoms with Gasteiger partial charge in [0.15, 0.2) is 5.78 Å². The Hall–Kier alpha value is -2.43. The van der Waals surface area contributed by atoms with Gasteiger partial charge in [-0.25, -0.2) is 9.80 Å². The molecule has 8 atom stereocenters. The van der Waals surface area contributed by atoms with Crippen molar-refractivity contribution in [1.29, 1.82) is 0 Å². The van der Waals surface area contributed by atoms with Gasteiger partial charge in [-0.05, 0) is 152 Å². The number of aliphatic hydroxyl groups is 1. The lowest BCUT2D eigenvalue weighted by Crippen LogP contribution is -2.51. The smallest absolute Gasteiger partial charge is 0.364 e. The first kappa shape index (κ1) is 32.0. The molecule has 4 aliphatic carbocycles. The predicted octanol–water partition coefficient (Wildman–Crippen LogP) is 4.78. The van der Waals surface area contributed by atoms with Crippen molar-refractivity contribution in [3.8, 4) is 0 Å². The van der Waals surface area contributed by atoms with Gasteiger partial charge in [-0.15, -0.1) is 0 Å². The standard InChI is InChI=1S/C26H42N4O3.C6H11N3O/c1-24(2,3)30-23(32)29(27-28-30)15-22(31)21-9-8-20-19-7-6-16-14-25(4,33)12-10-17(16)18(19)11-13-26(20,21)5;1-6(2,3)9-5(10)4-7-8-9/h16-21,33H,6-15H2,1-5H3;4H2,1-3H3/t16-,17+,18-,19-,20+,21-,25-,26+;/m1./s1. The van der Waals surface area contributed by atoms with E-state index < -0.39 is 11.1 Å². The minimum atomic E-state index is -0.477. The van der Waals surface area contributed by atoms with E-state index in [2.05, 4.69) is 27.7 Å². The van der Waals surface area contributed by atoms with E-state index in [-0.39, 0.29) is 47.3 Å². The number of ketones is 1. The van der Waals surface area contributed by atoms with Crippen molar-refractivity contribution >= 4 is 11.7 Å². The van der Waals surface area contributed by atoms with Crippen molar-refractivity contribution in [2.75, 3.05) is 6.54 Å². The maximum atomic E-state index is 13.5. The highest BCUT2D eigenvalue weighted by molar-refractivity contribution is 5.82. The predicted molar refractivity (Wildman–Crippen MR) is 162 cm³/mol. The van der Waals surface area contributed by atoms with E-state index in [1.807, 2.05) is 48.5 Å². The normalized spacial score (nSPS) is 37.3. The largest absolute Gasteiger partial charge is 0.390 e. The molecule has 0 radical (unpaired) electrons. The van der Waals surface area contributed by atoms with Crippen LogP contribution in [0.3, 0.4) is 0 Å². The Morgan fingerprint density at radius 2 is 1.58 bits per heavy atom. The lowest BCUT2D eigenvalue weighted by atomic mass is 9.49. The Bertz CT molecular complexity index is 1300. The molecule has 0 bridgehead atoms. The van der Waals surface area contributed by atoms with Gasteiger partial charge in [0.25, 0.3) is 5.91 Å². The van der Waals surface area contributed by atoms with E-state index in [0.717, 1.165) is 56.3 Å². The van der Waals surface area contributed by atoms with Crippen LogP contribution in [0.15, 0.2) is 15.1 Å². The van der Waals surface area contributed by atoms with Crippen LogP contribution in [0, 0.1) is 40.9 Å². The number of carbonyl (C=O) groups excluding carboxylic acids is 2. The zero-order valence-corrected chi connectivity index (χ0v) is 27.5. The van der Waals surface area contributed by atoms with E-state index >= 15 is 0 Å². The molecular weight excluding hydrogens is 546 g/mol. The van der Waals surface area contributed by atoms with Crippen LogP contribution in [0.1, 0.15) is 113 Å². The number of hydrogen-bond acceptors (Lipinski definition) is 8. The molecule has 43 heavy (non-hydrogen) atoms. The third-order valence-electron chi connectivity index (χ3n) is 11.4.